The fourth-order valence-electron chi connectivity index (χ4n) is 2.55. The standard InChI is InChI=1S/C19H14F2N2O5/c20-13-5-6-14(15(21)7-13)16(24)10-28-18(26)12-3-1-11(2-4-12)9-23-17(25)8-22-19(23)27/h1-7H,8-10H2,(H,22,27). The zero-order valence-corrected chi connectivity index (χ0v) is 14.4. The fraction of sp³-hybridized carbons (Fsp3) is 0.158. The highest BCUT2D eigenvalue weighted by atomic mass is 19.1. The van der Waals surface area contributed by atoms with Crippen LogP contribution in [-0.2, 0) is 16.1 Å². The number of carbonyl (C=O) groups excluding carboxylic acids is 4. The molecule has 144 valence electrons. The molecular weight excluding hydrogens is 374 g/mol. The van der Waals surface area contributed by atoms with Crippen molar-refractivity contribution in [2.45, 2.75) is 6.54 Å². The Kier molecular flexibility index (Phi) is 5.44. The second-order valence-electron chi connectivity index (χ2n) is 5.96. The summed E-state index contributed by atoms with van der Waals surface area (Å²) in [7, 11) is 0. The summed E-state index contributed by atoms with van der Waals surface area (Å²) in [6.07, 6.45) is 0. The summed E-state index contributed by atoms with van der Waals surface area (Å²) in [6.45, 7) is -0.695. The smallest absolute Gasteiger partial charge is 0.338 e. The van der Waals surface area contributed by atoms with E-state index in [2.05, 4.69) is 5.32 Å². The summed E-state index contributed by atoms with van der Waals surface area (Å²) < 4.78 is 31.3. The molecule has 1 fully saturated rings. The molecule has 1 heterocycles. The van der Waals surface area contributed by atoms with Crippen LogP contribution in [0.4, 0.5) is 13.6 Å². The average Bonchev–Trinajstić information content (AvgIpc) is 2.98. The molecule has 0 atom stereocenters. The Morgan fingerprint density at radius 2 is 1.79 bits per heavy atom. The number of hydrogen-bond donors (Lipinski definition) is 1. The SMILES string of the molecule is O=C(OCC(=O)c1ccc(F)cc1F)c1ccc(CN2C(=O)CNC2=O)cc1. The zero-order chi connectivity index (χ0) is 20.3. The number of ether oxygens (including phenoxy) is 1. The van der Waals surface area contributed by atoms with Crippen molar-refractivity contribution in [3.63, 3.8) is 0 Å². The predicted molar refractivity (Wildman–Crippen MR) is 91.4 cm³/mol. The van der Waals surface area contributed by atoms with E-state index in [9.17, 15) is 28.0 Å². The van der Waals surface area contributed by atoms with Crippen LogP contribution in [0, 0.1) is 11.6 Å². The van der Waals surface area contributed by atoms with Gasteiger partial charge in [0.05, 0.1) is 24.2 Å². The third-order valence-corrected chi connectivity index (χ3v) is 4.03. The molecule has 1 aliphatic rings. The number of urea groups is 1. The second kappa shape index (κ2) is 7.95. The van der Waals surface area contributed by atoms with Crippen molar-refractivity contribution in [1.29, 1.82) is 0 Å². The highest BCUT2D eigenvalue weighted by molar-refractivity contribution is 6.02. The average molecular weight is 388 g/mol. The van der Waals surface area contributed by atoms with Gasteiger partial charge in [-0.05, 0) is 29.8 Å². The van der Waals surface area contributed by atoms with E-state index in [0.29, 0.717) is 11.6 Å². The Hall–Kier alpha value is -3.62. The van der Waals surface area contributed by atoms with E-state index >= 15 is 0 Å². The molecule has 1 N–H and O–H groups in total. The Morgan fingerprint density at radius 3 is 2.39 bits per heavy atom. The molecule has 0 bridgehead atoms. The van der Waals surface area contributed by atoms with Gasteiger partial charge in [-0.25, -0.2) is 18.4 Å². The highest BCUT2D eigenvalue weighted by Crippen LogP contribution is 2.13. The molecular formula is C19H14F2N2O5. The minimum absolute atomic E-state index is 0.0497. The quantitative estimate of drug-likeness (QED) is 0.465. The van der Waals surface area contributed by atoms with Gasteiger partial charge in [0.15, 0.2) is 6.61 Å². The molecule has 3 rings (SSSR count). The summed E-state index contributed by atoms with van der Waals surface area (Å²) in [4.78, 5) is 48.0. The van der Waals surface area contributed by atoms with Crippen molar-refractivity contribution in [1.82, 2.24) is 10.2 Å². The number of amides is 3. The first-order chi connectivity index (χ1) is 13.3. The van der Waals surface area contributed by atoms with Crippen LogP contribution in [0.25, 0.3) is 0 Å². The summed E-state index contributed by atoms with van der Waals surface area (Å²) in [6, 6.07) is 7.90. The lowest BCUT2D eigenvalue weighted by Crippen LogP contribution is -2.30. The molecule has 28 heavy (non-hydrogen) atoms. The van der Waals surface area contributed by atoms with Crippen LogP contribution >= 0.6 is 0 Å². The molecule has 9 heteroatoms. The predicted octanol–water partition coefficient (Wildman–Crippen LogP) is 2.06. The second-order valence-corrected chi connectivity index (χ2v) is 5.96. The molecule has 7 nitrogen and oxygen atoms in total. The first kappa shape index (κ1) is 19.2. The maximum absolute atomic E-state index is 13.6. The van der Waals surface area contributed by atoms with Crippen LogP contribution in [0.2, 0.25) is 0 Å². The largest absolute Gasteiger partial charge is 0.454 e. The zero-order valence-electron chi connectivity index (χ0n) is 14.4. The van der Waals surface area contributed by atoms with E-state index in [1.54, 1.807) is 0 Å². The van der Waals surface area contributed by atoms with Gasteiger partial charge in [-0.15, -0.1) is 0 Å². The van der Waals surface area contributed by atoms with Gasteiger partial charge >= 0.3 is 12.0 Å². The van der Waals surface area contributed by atoms with E-state index in [-0.39, 0.29) is 30.1 Å². The minimum atomic E-state index is -1.04. The third-order valence-electron chi connectivity index (χ3n) is 4.03. The number of nitrogens with zero attached hydrogens (tertiary/aromatic N) is 1. The van der Waals surface area contributed by atoms with Crippen molar-refractivity contribution in [3.05, 3.63) is 70.8 Å². The van der Waals surface area contributed by atoms with Gasteiger partial charge in [0, 0.05) is 6.07 Å². The molecule has 0 unspecified atom stereocenters. The molecule has 0 radical (unpaired) electrons. The Morgan fingerprint density at radius 1 is 1.07 bits per heavy atom. The number of imide groups is 1. The summed E-state index contributed by atoms with van der Waals surface area (Å²) in [5.74, 6) is -3.82. The maximum atomic E-state index is 13.6. The number of carbonyl (C=O) groups is 4. The molecule has 2 aromatic rings. The first-order valence-electron chi connectivity index (χ1n) is 8.17. The van der Waals surface area contributed by atoms with Crippen molar-refractivity contribution in [2.75, 3.05) is 13.2 Å². The molecule has 2 aromatic carbocycles. The number of halogens is 2. The maximum Gasteiger partial charge on any atom is 0.338 e. The first-order valence-corrected chi connectivity index (χ1v) is 8.17. The monoisotopic (exact) mass is 388 g/mol. The lowest BCUT2D eigenvalue weighted by atomic mass is 10.1. The topological polar surface area (TPSA) is 92.8 Å². The number of esters is 1. The molecule has 0 aromatic heterocycles. The van der Waals surface area contributed by atoms with E-state index in [4.69, 9.17) is 4.74 Å². The van der Waals surface area contributed by atoms with Crippen LogP contribution in [0.3, 0.4) is 0 Å². The number of rotatable bonds is 6. The van der Waals surface area contributed by atoms with Crippen molar-refractivity contribution >= 4 is 23.7 Å². The van der Waals surface area contributed by atoms with Crippen LogP contribution < -0.4 is 5.32 Å². The number of ketones is 1. The molecule has 1 aliphatic heterocycles. The number of benzene rings is 2. The summed E-state index contributed by atoms with van der Waals surface area (Å²) in [5, 5.41) is 2.40. The minimum Gasteiger partial charge on any atom is -0.454 e. The molecule has 1 saturated heterocycles. The van der Waals surface area contributed by atoms with E-state index < -0.39 is 36.0 Å². The number of hydrogen-bond acceptors (Lipinski definition) is 5. The van der Waals surface area contributed by atoms with E-state index in [1.165, 1.54) is 24.3 Å². The van der Waals surface area contributed by atoms with Gasteiger partial charge in [0.25, 0.3) is 0 Å². The molecule has 0 saturated carbocycles. The highest BCUT2D eigenvalue weighted by Gasteiger charge is 2.28. The Labute approximate surface area is 157 Å². The van der Waals surface area contributed by atoms with E-state index in [0.717, 1.165) is 17.0 Å². The van der Waals surface area contributed by atoms with Crippen molar-refractivity contribution in [2.24, 2.45) is 0 Å². The van der Waals surface area contributed by atoms with Crippen LogP contribution in [0.5, 0.6) is 0 Å². The van der Waals surface area contributed by atoms with Gasteiger partial charge in [0.1, 0.15) is 11.6 Å². The van der Waals surface area contributed by atoms with Gasteiger partial charge in [-0.3, -0.25) is 14.5 Å². The van der Waals surface area contributed by atoms with Gasteiger partial charge in [0.2, 0.25) is 11.7 Å². The number of Topliss-reactive ketones (excluding diaryl/α,β-unsaturated/α-hetero) is 1. The molecule has 0 spiro atoms. The Balaban J connectivity index is 1.58. The van der Waals surface area contributed by atoms with Crippen molar-refractivity contribution < 1.29 is 32.7 Å². The fourth-order valence-corrected chi connectivity index (χ4v) is 2.55. The lowest BCUT2D eigenvalue weighted by Gasteiger charge is -2.12. The van der Waals surface area contributed by atoms with Gasteiger partial charge in [-0.1, -0.05) is 12.1 Å². The van der Waals surface area contributed by atoms with Crippen LogP contribution in [0.15, 0.2) is 42.5 Å². The summed E-state index contributed by atoms with van der Waals surface area (Å²) in [5.41, 5.74) is 0.373. The van der Waals surface area contributed by atoms with Gasteiger partial charge < -0.3 is 10.1 Å². The van der Waals surface area contributed by atoms with Crippen molar-refractivity contribution in [3.8, 4) is 0 Å². The van der Waals surface area contributed by atoms with Gasteiger partial charge in [-0.2, -0.15) is 0 Å². The normalized spacial score (nSPS) is 13.4. The molecule has 0 aliphatic carbocycles. The third kappa shape index (κ3) is 4.20. The van der Waals surface area contributed by atoms with Crippen LogP contribution in [0.1, 0.15) is 26.3 Å². The number of nitrogens with one attached hydrogen (secondary N) is 1. The summed E-state index contributed by atoms with van der Waals surface area (Å²) >= 11 is 0. The van der Waals surface area contributed by atoms with E-state index in [1.807, 2.05) is 0 Å². The molecule has 3 amide bonds. The lowest BCUT2D eigenvalue weighted by molar-refractivity contribution is -0.125. The Bertz CT molecular complexity index is 943. The van der Waals surface area contributed by atoms with Crippen LogP contribution in [-0.4, -0.2) is 41.7 Å².